The van der Waals surface area contributed by atoms with Crippen LogP contribution in [0.5, 0.6) is 0 Å². The molecule has 0 fully saturated rings. The average molecular weight is 362 g/mol. The lowest BCUT2D eigenvalue weighted by atomic mass is 10.2. The van der Waals surface area contributed by atoms with Gasteiger partial charge in [-0.15, -0.1) is 0 Å². The third-order valence-electron chi connectivity index (χ3n) is 3.26. The molecule has 0 bridgehead atoms. The molecule has 9 heteroatoms. The fourth-order valence-corrected chi connectivity index (χ4v) is 2.03. The molecule has 3 rings (SSSR count). The number of carbonyl (C=O) groups excluding carboxylic acids is 1. The lowest BCUT2D eigenvalue weighted by molar-refractivity contribution is 0.102. The Morgan fingerprint density at radius 2 is 1.73 bits per heavy atom. The number of benzene rings is 2. The number of nitrogens with zero attached hydrogens (tertiary/aromatic N) is 2. The molecule has 0 aliphatic rings. The van der Waals surface area contributed by atoms with Gasteiger partial charge in [0.15, 0.2) is 17.5 Å². The van der Waals surface area contributed by atoms with Gasteiger partial charge in [-0.1, -0.05) is 6.07 Å². The largest absolute Gasteiger partial charge is 0.339 e. The second kappa shape index (κ2) is 7.18. The van der Waals surface area contributed by atoms with Crippen LogP contribution in [0, 0.1) is 23.3 Å². The Kier molecular flexibility index (Phi) is 4.78. The van der Waals surface area contributed by atoms with Crippen LogP contribution < -0.4 is 10.6 Å². The number of nitrogens with one attached hydrogen (secondary N) is 2. The van der Waals surface area contributed by atoms with Crippen molar-refractivity contribution < 1.29 is 22.4 Å². The first-order valence-corrected chi connectivity index (χ1v) is 7.23. The van der Waals surface area contributed by atoms with Gasteiger partial charge in [0.25, 0.3) is 5.91 Å². The number of aromatic nitrogens is 2. The Labute approximate surface area is 144 Å². The molecule has 3 aromatic rings. The third kappa shape index (κ3) is 3.77. The van der Waals surface area contributed by atoms with Crippen LogP contribution in [0.4, 0.5) is 34.8 Å². The molecule has 0 aliphatic heterocycles. The lowest BCUT2D eigenvalue weighted by Gasteiger charge is -2.08. The summed E-state index contributed by atoms with van der Waals surface area (Å²) >= 11 is 0. The van der Waals surface area contributed by atoms with Gasteiger partial charge in [-0.05, 0) is 30.3 Å². The molecular formula is C17H10F4N4O. The van der Waals surface area contributed by atoms with Crippen molar-refractivity contribution in [1.82, 2.24) is 9.97 Å². The van der Waals surface area contributed by atoms with Crippen molar-refractivity contribution in [1.29, 1.82) is 0 Å². The van der Waals surface area contributed by atoms with Crippen molar-refractivity contribution in [2.75, 3.05) is 10.6 Å². The molecule has 2 N–H and O–H groups in total. The number of hydrogen-bond acceptors (Lipinski definition) is 4. The second-order valence-electron chi connectivity index (χ2n) is 5.10. The first-order valence-electron chi connectivity index (χ1n) is 7.23. The Hall–Kier alpha value is -3.49. The molecule has 0 radical (unpaired) electrons. The van der Waals surface area contributed by atoms with Crippen LogP contribution in [-0.2, 0) is 0 Å². The maximum absolute atomic E-state index is 13.6. The van der Waals surface area contributed by atoms with Crippen LogP contribution in [0.1, 0.15) is 10.5 Å². The second-order valence-corrected chi connectivity index (χ2v) is 5.10. The number of halogens is 4. The fraction of sp³-hybridized carbons (Fsp3) is 0. The zero-order valence-electron chi connectivity index (χ0n) is 12.9. The molecule has 5 nitrogen and oxygen atoms in total. The van der Waals surface area contributed by atoms with E-state index in [1.807, 2.05) is 0 Å². The van der Waals surface area contributed by atoms with Crippen LogP contribution in [0.3, 0.4) is 0 Å². The number of amides is 1. The Balaban J connectivity index is 1.72. The van der Waals surface area contributed by atoms with Gasteiger partial charge in [0.05, 0.1) is 18.1 Å². The number of rotatable bonds is 4. The molecule has 26 heavy (non-hydrogen) atoms. The molecule has 1 aromatic heterocycles. The van der Waals surface area contributed by atoms with E-state index >= 15 is 0 Å². The van der Waals surface area contributed by atoms with E-state index in [-0.39, 0.29) is 11.5 Å². The predicted molar refractivity (Wildman–Crippen MR) is 86.0 cm³/mol. The predicted octanol–water partition coefficient (Wildman–Crippen LogP) is 4.03. The Morgan fingerprint density at radius 1 is 0.923 bits per heavy atom. The summed E-state index contributed by atoms with van der Waals surface area (Å²) in [6.45, 7) is 0. The zero-order chi connectivity index (χ0) is 18.7. The van der Waals surface area contributed by atoms with Crippen LogP contribution in [-0.4, -0.2) is 15.9 Å². The summed E-state index contributed by atoms with van der Waals surface area (Å²) in [5.41, 5.74) is -0.281. The highest BCUT2D eigenvalue weighted by Crippen LogP contribution is 2.20. The molecule has 1 amide bonds. The summed E-state index contributed by atoms with van der Waals surface area (Å²) in [7, 11) is 0. The van der Waals surface area contributed by atoms with Crippen molar-refractivity contribution in [2.24, 2.45) is 0 Å². The topological polar surface area (TPSA) is 66.9 Å². The molecule has 0 saturated carbocycles. The summed E-state index contributed by atoms with van der Waals surface area (Å²) in [5.74, 6) is -5.63. The van der Waals surface area contributed by atoms with Gasteiger partial charge >= 0.3 is 0 Å². The Morgan fingerprint density at radius 3 is 2.42 bits per heavy atom. The molecule has 0 aliphatic carbocycles. The van der Waals surface area contributed by atoms with Crippen LogP contribution in [0.2, 0.25) is 0 Å². The monoisotopic (exact) mass is 362 g/mol. The molecule has 0 spiro atoms. The quantitative estimate of drug-likeness (QED) is 0.543. The van der Waals surface area contributed by atoms with E-state index in [1.165, 1.54) is 24.4 Å². The van der Waals surface area contributed by atoms with E-state index in [0.717, 1.165) is 12.3 Å². The highest BCUT2D eigenvalue weighted by Gasteiger charge is 2.16. The van der Waals surface area contributed by atoms with Crippen molar-refractivity contribution >= 4 is 23.1 Å². The van der Waals surface area contributed by atoms with Crippen LogP contribution in [0.15, 0.2) is 48.8 Å². The van der Waals surface area contributed by atoms with E-state index in [1.54, 1.807) is 6.07 Å². The van der Waals surface area contributed by atoms with Gasteiger partial charge in [-0.2, -0.15) is 0 Å². The smallest absolute Gasteiger partial charge is 0.275 e. The van der Waals surface area contributed by atoms with Gasteiger partial charge in [-0.3, -0.25) is 4.79 Å². The van der Waals surface area contributed by atoms with E-state index in [9.17, 15) is 22.4 Å². The summed E-state index contributed by atoms with van der Waals surface area (Å²) in [6, 6.07) is 7.21. The van der Waals surface area contributed by atoms with Gasteiger partial charge in [0, 0.05) is 5.69 Å². The minimum Gasteiger partial charge on any atom is -0.339 e. The van der Waals surface area contributed by atoms with Gasteiger partial charge in [-0.25, -0.2) is 27.5 Å². The molecule has 1 heterocycles. The molecule has 0 atom stereocenters. The van der Waals surface area contributed by atoms with Crippen LogP contribution in [0.25, 0.3) is 0 Å². The van der Waals surface area contributed by atoms with Gasteiger partial charge in [0.2, 0.25) is 0 Å². The minimum atomic E-state index is -1.69. The molecule has 2 aromatic carbocycles. The molecule has 0 saturated heterocycles. The minimum absolute atomic E-state index is 0.182. The maximum Gasteiger partial charge on any atom is 0.275 e. The van der Waals surface area contributed by atoms with Gasteiger partial charge in [0.1, 0.15) is 17.3 Å². The lowest BCUT2D eigenvalue weighted by Crippen LogP contribution is -2.16. The van der Waals surface area contributed by atoms with Crippen molar-refractivity contribution in [3.05, 3.63) is 77.8 Å². The third-order valence-corrected chi connectivity index (χ3v) is 3.26. The first kappa shape index (κ1) is 17.3. The van der Waals surface area contributed by atoms with E-state index in [2.05, 4.69) is 20.6 Å². The number of anilines is 3. The standard InChI is InChI=1S/C17H10F4N4O/c18-9-2-1-3-10(6-9)24-14-8-22-13(7-23-14)17(26)25-12-5-4-11(19)15(20)16(12)21/h1-8H,(H,23,24)(H,25,26). The zero-order valence-corrected chi connectivity index (χ0v) is 12.9. The fourth-order valence-electron chi connectivity index (χ4n) is 2.03. The number of carbonyl (C=O) groups is 1. The van der Waals surface area contributed by atoms with Crippen LogP contribution >= 0.6 is 0 Å². The number of hydrogen-bond donors (Lipinski definition) is 2. The maximum atomic E-state index is 13.6. The van der Waals surface area contributed by atoms with E-state index < -0.39 is 34.9 Å². The SMILES string of the molecule is O=C(Nc1ccc(F)c(F)c1F)c1cnc(Nc2cccc(F)c2)cn1. The highest BCUT2D eigenvalue weighted by molar-refractivity contribution is 6.02. The molecule has 132 valence electrons. The van der Waals surface area contributed by atoms with Crippen molar-refractivity contribution in [2.45, 2.75) is 0 Å². The van der Waals surface area contributed by atoms with E-state index in [4.69, 9.17) is 0 Å². The average Bonchev–Trinajstić information content (AvgIpc) is 2.63. The summed E-state index contributed by atoms with van der Waals surface area (Å²) in [5, 5.41) is 4.86. The molecular weight excluding hydrogens is 352 g/mol. The summed E-state index contributed by atoms with van der Waals surface area (Å²) < 4.78 is 52.8. The van der Waals surface area contributed by atoms with Crippen molar-refractivity contribution in [3.63, 3.8) is 0 Å². The van der Waals surface area contributed by atoms with Crippen molar-refractivity contribution in [3.8, 4) is 0 Å². The molecule has 0 unspecified atom stereocenters. The highest BCUT2D eigenvalue weighted by atomic mass is 19.2. The normalized spacial score (nSPS) is 10.5. The Bertz CT molecular complexity index is 963. The summed E-state index contributed by atoms with van der Waals surface area (Å²) in [4.78, 5) is 19.8. The first-order chi connectivity index (χ1) is 12.4. The van der Waals surface area contributed by atoms with Gasteiger partial charge < -0.3 is 10.6 Å². The van der Waals surface area contributed by atoms with E-state index in [0.29, 0.717) is 11.8 Å². The summed E-state index contributed by atoms with van der Waals surface area (Å²) in [6.07, 6.45) is 2.30.